The Morgan fingerprint density at radius 3 is 2.55 bits per heavy atom. The molecule has 1 N–H and O–H groups in total. The van der Waals surface area contributed by atoms with E-state index in [1.54, 1.807) is 6.92 Å². The van der Waals surface area contributed by atoms with Crippen LogP contribution in [-0.4, -0.2) is 26.0 Å². The number of nitro groups is 1. The molecule has 0 atom stereocenters. The van der Waals surface area contributed by atoms with Crippen molar-refractivity contribution < 1.29 is 22.9 Å². The van der Waals surface area contributed by atoms with Gasteiger partial charge in [0.2, 0.25) is 0 Å². The van der Waals surface area contributed by atoms with Gasteiger partial charge in [-0.3, -0.25) is 15.4 Å². The van der Waals surface area contributed by atoms with Crippen LogP contribution < -0.4 is 5.32 Å². The second kappa shape index (κ2) is 5.08. The SMILES string of the molecule is CCOC(=O)Nc1cc2c(cc1[N+](=O)[O-])CS(=O)(=O)C2. The zero-order chi connectivity index (χ0) is 14.9. The van der Waals surface area contributed by atoms with E-state index in [1.807, 2.05) is 0 Å². The monoisotopic (exact) mass is 300 g/mol. The Labute approximate surface area is 114 Å². The Hall–Kier alpha value is -2.16. The van der Waals surface area contributed by atoms with Gasteiger partial charge in [0, 0.05) is 6.07 Å². The molecule has 0 fully saturated rings. The van der Waals surface area contributed by atoms with Gasteiger partial charge in [0.1, 0.15) is 5.69 Å². The van der Waals surface area contributed by atoms with Crippen LogP contribution in [0, 0.1) is 10.1 Å². The molecule has 9 heteroatoms. The van der Waals surface area contributed by atoms with Crippen molar-refractivity contribution in [3.63, 3.8) is 0 Å². The molecule has 0 aromatic heterocycles. The van der Waals surface area contributed by atoms with Crippen LogP contribution in [0.5, 0.6) is 0 Å². The van der Waals surface area contributed by atoms with Gasteiger partial charge in [0.05, 0.1) is 23.0 Å². The van der Waals surface area contributed by atoms with Crippen molar-refractivity contribution in [2.24, 2.45) is 0 Å². The van der Waals surface area contributed by atoms with Gasteiger partial charge in [0.15, 0.2) is 9.84 Å². The van der Waals surface area contributed by atoms with Crippen molar-refractivity contribution in [1.82, 2.24) is 0 Å². The van der Waals surface area contributed by atoms with Gasteiger partial charge in [0.25, 0.3) is 5.69 Å². The maximum atomic E-state index is 11.5. The summed E-state index contributed by atoms with van der Waals surface area (Å²) in [5.41, 5.74) is 0.437. The summed E-state index contributed by atoms with van der Waals surface area (Å²) in [5, 5.41) is 13.2. The van der Waals surface area contributed by atoms with Gasteiger partial charge in [-0.25, -0.2) is 13.2 Å². The van der Waals surface area contributed by atoms with Crippen LogP contribution in [0.2, 0.25) is 0 Å². The average molecular weight is 300 g/mol. The van der Waals surface area contributed by atoms with Gasteiger partial charge in [-0.2, -0.15) is 0 Å². The number of hydrogen-bond donors (Lipinski definition) is 1. The molecule has 108 valence electrons. The first-order chi connectivity index (χ1) is 9.32. The molecule has 1 aromatic carbocycles. The number of amides is 1. The van der Waals surface area contributed by atoms with E-state index < -0.39 is 20.9 Å². The number of ether oxygens (including phenoxy) is 1. The molecular weight excluding hydrogens is 288 g/mol. The molecule has 0 saturated carbocycles. The maximum Gasteiger partial charge on any atom is 0.411 e. The van der Waals surface area contributed by atoms with Crippen LogP contribution in [0.25, 0.3) is 0 Å². The van der Waals surface area contributed by atoms with Crippen LogP contribution in [-0.2, 0) is 26.1 Å². The van der Waals surface area contributed by atoms with E-state index in [-0.39, 0.29) is 29.5 Å². The lowest BCUT2D eigenvalue weighted by Gasteiger charge is -2.07. The molecule has 1 aliphatic heterocycles. The second-order valence-electron chi connectivity index (χ2n) is 4.27. The quantitative estimate of drug-likeness (QED) is 0.669. The third-order valence-electron chi connectivity index (χ3n) is 2.78. The van der Waals surface area contributed by atoms with Gasteiger partial charge in [-0.05, 0) is 24.1 Å². The number of nitro benzene ring substituents is 1. The molecule has 0 bridgehead atoms. The van der Waals surface area contributed by atoms with Crippen LogP contribution in [0.3, 0.4) is 0 Å². The van der Waals surface area contributed by atoms with Crippen LogP contribution in [0.4, 0.5) is 16.2 Å². The maximum absolute atomic E-state index is 11.5. The third-order valence-corrected chi connectivity index (χ3v) is 4.28. The summed E-state index contributed by atoms with van der Waals surface area (Å²) in [6, 6.07) is 2.50. The number of carbonyl (C=O) groups excluding carboxylic acids is 1. The van der Waals surface area contributed by atoms with E-state index in [4.69, 9.17) is 0 Å². The van der Waals surface area contributed by atoms with Crippen LogP contribution in [0.15, 0.2) is 12.1 Å². The lowest BCUT2D eigenvalue weighted by Crippen LogP contribution is -2.14. The normalized spacial score (nSPS) is 15.4. The second-order valence-corrected chi connectivity index (χ2v) is 6.34. The molecule has 1 aliphatic rings. The number of anilines is 1. The Morgan fingerprint density at radius 1 is 1.40 bits per heavy atom. The highest BCUT2D eigenvalue weighted by atomic mass is 32.2. The number of nitrogens with one attached hydrogen (secondary N) is 1. The molecule has 0 spiro atoms. The van der Waals surface area contributed by atoms with Crippen molar-refractivity contribution in [3.05, 3.63) is 33.4 Å². The summed E-state index contributed by atoms with van der Waals surface area (Å²) in [4.78, 5) is 21.7. The minimum absolute atomic E-state index is 0.0655. The topological polar surface area (TPSA) is 116 Å². The fourth-order valence-corrected chi connectivity index (χ4v) is 3.59. The zero-order valence-electron chi connectivity index (χ0n) is 10.6. The minimum Gasteiger partial charge on any atom is -0.450 e. The number of rotatable bonds is 3. The lowest BCUT2D eigenvalue weighted by atomic mass is 10.1. The molecule has 1 amide bonds. The van der Waals surface area contributed by atoms with E-state index >= 15 is 0 Å². The highest BCUT2D eigenvalue weighted by molar-refractivity contribution is 7.90. The fourth-order valence-electron chi connectivity index (χ4n) is 2.00. The standard InChI is InChI=1S/C11H12N2O6S/c1-2-19-11(14)12-9-3-7-5-20(17,18)6-8(7)4-10(9)13(15)16/h3-4H,2,5-6H2,1H3,(H,12,14). The fraction of sp³-hybridized carbons (Fsp3) is 0.364. The summed E-state index contributed by atoms with van der Waals surface area (Å²) in [6.07, 6.45) is -0.823. The average Bonchev–Trinajstić information content (AvgIpc) is 2.61. The molecular formula is C11H12N2O6S. The molecule has 1 heterocycles. The number of carbonyl (C=O) groups is 1. The zero-order valence-corrected chi connectivity index (χ0v) is 11.4. The van der Waals surface area contributed by atoms with Crippen molar-refractivity contribution in [3.8, 4) is 0 Å². The first kappa shape index (κ1) is 14.3. The summed E-state index contributed by atoms with van der Waals surface area (Å²) in [7, 11) is -3.27. The number of benzene rings is 1. The molecule has 0 unspecified atom stereocenters. The van der Waals surface area contributed by atoms with Crippen LogP contribution in [0.1, 0.15) is 18.1 Å². The third kappa shape index (κ3) is 2.87. The number of hydrogen-bond acceptors (Lipinski definition) is 6. The summed E-state index contributed by atoms with van der Waals surface area (Å²) < 4.78 is 27.7. The Bertz CT molecular complexity index is 682. The number of sulfone groups is 1. The predicted octanol–water partition coefficient (Wildman–Crippen LogP) is 1.59. The van der Waals surface area contributed by atoms with Crippen molar-refractivity contribution >= 4 is 27.3 Å². The van der Waals surface area contributed by atoms with Crippen LogP contribution >= 0.6 is 0 Å². The first-order valence-corrected chi connectivity index (χ1v) is 7.59. The molecule has 2 rings (SSSR count). The van der Waals surface area contributed by atoms with Crippen molar-refractivity contribution in [2.75, 3.05) is 11.9 Å². The Kier molecular flexibility index (Phi) is 3.62. The van der Waals surface area contributed by atoms with Crippen molar-refractivity contribution in [2.45, 2.75) is 18.4 Å². The molecule has 1 aromatic rings. The Balaban J connectivity index is 2.42. The van der Waals surface area contributed by atoms with Crippen molar-refractivity contribution in [1.29, 1.82) is 0 Å². The molecule has 0 saturated heterocycles. The molecule has 8 nitrogen and oxygen atoms in total. The summed E-state index contributed by atoms with van der Waals surface area (Å²) in [6.45, 7) is 1.72. The van der Waals surface area contributed by atoms with E-state index in [9.17, 15) is 23.3 Å². The highest BCUT2D eigenvalue weighted by Crippen LogP contribution is 2.34. The summed E-state index contributed by atoms with van der Waals surface area (Å²) in [5.74, 6) is -0.402. The largest absolute Gasteiger partial charge is 0.450 e. The van der Waals surface area contributed by atoms with E-state index in [0.717, 1.165) is 0 Å². The molecule has 20 heavy (non-hydrogen) atoms. The van der Waals surface area contributed by atoms with Gasteiger partial charge >= 0.3 is 6.09 Å². The van der Waals surface area contributed by atoms with E-state index in [0.29, 0.717) is 11.1 Å². The smallest absolute Gasteiger partial charge is 0.411 e. The lowest BCUT2D eigenvalue weighted by molar-refractivity contribution is -0.384. The summed E-state index contributed by atoms with van der Waals surface area (Å²) >= 11 is 0. The number of fused-ring (bicyclic) bond motifs is 1. The van der Waals surface area contributed by atoms with Gasteiger partial charge in [-0.1, -0.05) is 0 Å². The predicted molar refractivity (Wildman–Crippen MR) is 70.1 cm³/mol. The molecule has 0 radical (unpaired) electrons. The van der Waals surface area contributed by atoms with Gasteiger partial charge in [-0.15, -0.1) is 0 Å². The number of nitrogens with zero attached hydrogens (tertiary/aromatic N) is 1. The minimum atomic E-state index is -3.27. The van der Waals surface area contributed by atoms with E-state index in [1.165, 1.54) is 12.1 Å². The van der Waals surface area contributed by atoms with E-state index in [2.05, 4.69) is 10.1 Å². The highest BCUT2D eigenvalue weighted by Gasteiger charge is 2.29. The molecule has 0 aliphatic carbocycles. The Morgan fingerprint density at radius 2 is 2.00 bits per heavy atom. The van der Waals surface area contributed by atoms with Gasteiger partial charge < -0.3 is 4.74 Å². The first-order valence-electron chi connectivity index (χ1n) is 5.77.